The summed E-state index contributed by atoms with van der Waals surface area (Å²) in [5.41, 5.74) is 6.23. The number of hydrogen-bond donors (Lipinski definition) is 2. The molecule has 158 valence electrons. The lowest BCUT2D eigenvalue weighted by molar-refractivity contribution is -0.120. The van der Waals surface area contributed by atoms with Gasteiger partial charge in [-0.25, -0.2) is 13.4 Å². The van der Waals surface area contributed by atoms with Gasteiger partial charge in [0.2, 0.25) is 15.9 Å². The molecule has 0 bridgehead atoms. The summed E-state index contributed by atoms with van der Waals surface area (Å²) >= 11 is 1.41. The van der Waals surface area contributed by atoms with Crippen molar-refractivity contribution in [3.05, 3.63) is 42.2 Å². The summed E-state index contributed by atoms with van der Waals surface area (Å²) in [7, 11) is -2.19. The second-order valence-corrected chi connectivity index (χ2v) is 10.2. The van der Waals surface area contributed by atoms with Gasteiger partial charge in [0.15, 0.2) is 5.13 Å². The van der Waals surface area contributed by atoms with Gasteiger partial charge in [-0.3, -0.25) is 9.59 Å². The molecule has 1 aliphatic heterocycles. The van der Waals surface area contributed by atoms with Crippen LogP contribution in [0.25, 0.3) is 10.2 Å². The predicted octanol–water partition coefficient (Wildman–Crippen LogP) is 1.77. The Balaban J connectivity index is 1.40. The number of fused-ring (bicyclic) bond motifs is 1. The van der Waals surface area contributed by atoms with Crippen LogP contribution in [-0.4, -0.2) is 47.2 Å². The Kier molecular flexibility index (Phi) is 5.35. The number of rotatable bonds is 5. The van der Waals surface area contributed by atoms with E-state index in [-0.39, 0.29) is 35.5 Å². The van der Waals surface area contributed by atoms with E-state index >= 15 is 0 Å². The average Bonchev–Trinajstić information content (AvgIpc) is 3.31. The number of aryl methyl sites for hydroxylation is 1. The maximum absolute atomic E-state index is 12.9. The first-order chi connectivity index (χ1) is 14.3. The van der Waals surface area contributed by atoms with Crippen LogP contribution in [0.1, 0.15) is 23.3 Å². The van der Waals surface area contributed by atoms with Crippen molar-refractivity contribution in [3.8, 4) is 0 Å². The summed E-state index contributed by atoms with van der Waals surface area (Å²) in [6.07, 6.45) is 2.19. The molecule has 3 aromatic rings. The molecule has 0 aliphatic carbocycles. The quantitative estimate of drug-likeness (QED) is 0.616. The third kappa shape index (κ3) is 3.83. The first-order valence-electron chi connectivity index (χ1n) is 9.38. The molecule has 3 heterocycles. The van der Waals surface area contributed by atoms with Gasteiger partial charge in [-0.1, -0.05) is 23.5 Å². The van der Waals surface area contributed by atoms with E-state index in [1.54, 1.807) is 7.05 Å². The zero-order chi connectivity index (χ0) is 21.5. The number of hydrogen-bond acceptors (Lipinski definition) is 6. The van der Waals surface area contributed by atoms with Crippen LogP contribution in [0, 0.1) is 5.92 Å². The van der Waals surface area contributed by atoms with Gasteiger partial charge in [0.25, 0.3) is 5.91 Å². The second-order valence-electron chi connectivity index (χ2n) is 7.19. The Bertz CT molecular complexity index is 1190. The molecule has 9 nitrogen and oxygen atoms in total. The number of thiazole rings is 1. The number of anilines is 1. The molecule has 4 rings (SSSR count). The van der Waals surface area contributed by atoms with E-state index in [1.807, 2.05) is 24.3 Å². The van der Waals surface area contributed by atoms with Crippen LogP contribution in [0.3, 0.4) is 0 Å². The molecule has 30 heavy (non-hydrogen) atoms. The van der Waals surface area contributed by atoms with Crippen LogP contribution in [-0.2, 0) is 21.9 Å². The number of sulfonamides is 1. The van der Waals surface area contributed by atoms with Crippen molar-refractivity contribution in [2.75, 3.05) is 18.4 Å². The zero-order valence-corrected chi connectivity index (χ0v) is 17.9. The maximum Gasteiger partial charge on any atom is 0.265 e. The molecular weight excluding hydrogens is 426 g/mol. The van der Waals surface area contributed by atoms with Crippen molar-refractivity contribution in [3.63, 3.8) is 0 Å². The Morgan fingerprint density at radius 1 is 1.23 bits per heavy atom. The van der Waals surface area contributed by atoms with E-state index in [0.717, 1.165) is 10.2 Å². The van der Waals surface area contributed by atoms with E-state index in [2.05, 4.69) is 10.3 Å². The highest BCUT2D eigenvalue weighted by Gasteiger charge is 2.33. The molecule has 0 spiro atoms. The topological polar surface area (TPSA) is 127 Å². The summed E-state index contributed by atoms with van der Waals surface area (Å²) < 4.78 is 29.5. The summed E-state index contributed by atoms with van der Waals surface area (Å²) in [6.45, 7) is 0.447. The number of nitrogens with one attached hydrogen (secondary N) is 1. The van der Waals surface area contributed by atoms with Crippen molar-refractivity contribution in [1.29, 1.82) is 0 Å². The van der Waals surface area contributed by atoms with Gasteiger partial charge < -0.3 is 15.6 Å². The van der Waals surface area contributed by atoms with E-state index in [4.69, 9.17) is 5.73 Å². The highest BCUT2D eigenvalue weighted by atomic mass is 32.2. The molecule has 1 aromatic carbocycles. The minimum absolute atomic E-state index is 0.0242. The van der Waals surface area contributed by atoms with Crippen molar-refractivity contribution in [2.24, 2.45) is 18.7 Å². The fraction of sp³-hybridized carbons (Fsp3) is 0.316. The first-order valence-corrected chi connectivity index (χ1v) is 11.6. The lowest BCUT2D eigenvalue weighted by Crippen LogP contribution is -2.41. The summed E-state index contributed by atoms with van der Waals surface area (Å²) in [5.74, 6) is -1.13. The largest absolute Gasteiger partial charge is 0.364 e. The average molecular weight is 448 g/mol. The van der Waals surface area contributed by atoms with Gasteiger partial charge in [0.05, 0.1) is 10.2 Å². The number of amides is 2. The minimum atomic E-state index is -3.76. The highest BCUT2D eigenvalue weighted by Crippen LogP contribution is 2.28. The van der Waals surface area contributed by atoms with Crippen molar-refractivity contribution < 1.29 is 18.0 Å². The number of primary amides is 1. The Labute approximate surface area is 177 Å². The van der Waals surface area contributed by atoms with Gasteiger partial charge in [-0.2, -0.15) is 4.31 Å². The van der Waals surface area contributed by atoms with Crippen LogP contribution in [0.4, 0.5) is 5.13 Å². The van der Waals surface area contributed by atoms with Gasteiger partial charge >= 0.3 is 0 Å². The fourth-order valence-corrected chi connectivity index (χ4v) is 5.97. The SMILES string of the molecule is Cn1cc(S(=O)(=O)N2CCC(C(=O)Nc3nc4ccccc4s3)CC2)cc1C(N)=O. The van der Waals surface area contributed by atoms with Crippen molar-refractivity contribution in [2.45, 2.75) is 17.7 Å². The van der Waals surface area contributed by atoms with Crippen molar-refractivity contribution >= 4 is 48.5 Å². The lowest BCUT2D eigenvalue weighted by Gasteiger charge is -2.30. The normalized spacial score (nSPS) is 16.0. The molecule has 1 saturated heterocycles. The van der Waals surface area contributed by atoms with Gasteiger partial charge in [0, 0.05) is 32.3 Å². The summed E-state index contributed by atoms with van der Waals surface area (Å²) in [6, 6.07) is 8.92. The number of nitrogens with zero attached hydrogens (tertiary/aromatic N) is 3. The molecule has 1 fully saturated rings. The lowest BCUT2D eigenvalue weighted by atomic mass is 9.97. The zero-order valence-electron chi connectivity index (χ0n) is 16.2. The fourth-order valence-electron chi connectivity index (χ4n) is 3.56. The maximum atomic E-state index is 12.9. The smallest absolute Gasteiger partial charge is 0.265 e. The van der Waals surface area contributed by atoms with Gasteiger partial charge in [-0.05, 0) is 31.0 Å². The standard InChI is InChI=1S/C19H21N5O4S2/c1-23-11-13(10-15(23)17(20)25)30(27,28)24-8-6-12(7-9-24)18(26)22-19-21-14-4-2-3-5-16(14)29-19/h2-5,10-12H,6-9H2,1H3,(H2,20,25)(H,21,22,26). The Morgan fingerprint density at radius 2 is 1.93 bits per heavy atom. The number of aromatic nitrogens is 2. The highest BCUT2D eigenvalue weighted by molar-refractivity contribution is 7.89. The van der Waals surface area contributed by atoms with Gasteiger partial charge in [-0.15, -0.1) is 0 Å². The van der Waals surface area contributed by atoms with E-state index < -0.39 is 15.9 Å². The third-order valence-electron chi connectivity index (χ3n) is 5.22. The van der Waals surface area contributed by atoms with E-state index in [1.165, 1.54) is 32.5 Å². The Hall–Kier alpha value is -2.76. The van der Waals surface area contributed by atoms with E-state index in [9.17, 15) is 18.0 Å². The molecule has 2 aromatic heterocycles. The van der Waals surface area contributed by atoms with Crippen LogP contribution in [0.5, 0.6) is 0 Å². The first kappa shape index (κ1) is 20.5. The molecule has 0 unspecified atom stereocenters. The predicted molar refractivity (Wildman–Crippen MR) is 114 cm³/mol. The molecule has 0 atom stereocenters. The van der Waals surface area contributed by atoms with Gasteiger partial charge in [0.1, 0.15) is 10.6 Å². The molecule has 3 N–H and O–H groups in total. The molecular formula is C19H21N5O4S2. The monoisotopic (exact) mass is 447 g/mol. The molecule has 2 amide bonds. The number of para-hydroxylation sites is 1. The summed E-state index contributed by atoms with van der Waals surface area (Å²) in [5, 5.41) is 3.40. The third-order valence-corrected chi connectivity index (χ3v) is 8.03. The van der Waals surface area contributed by atoms with Crippen LogP contribution < -0.4 is 11.1 Å². The molecule has 1 aliphatic rings. The molecule has 0 radical (unpaired) electrons. The number of benzene rings is 1. The van der Waals surface area contributed by atoms with Crippen LogP contribution >= 0.6 is 11.3 Å². The minimum Gasteiger partial charge on any atom is -0.364 e. The number of carbonyl (C=O) groups is 2. The Morgan fingerprint density at radius 3 is 2.57 bits per heavy atom. The van der Waals surface area contributed by atoms with Crippen LogP contribution in [0.15, 0.2) is 41.4 Å². The van der Waals surface area contributed by atoms with Crippen LogP contribution in [0.2, 0.25) is 0 Å². The second kappa shape index (κ2) is 7.82. The number of piperidine rings is 1. The van der Waals surface area contributed by atoms with Crippen molar-refractivity contribution in [1.82, 2.24) is 13.9 Å². The van der Waals surface area contributed by atoms with E-state index in [0.29, 0.717) is 18.0 Å². The molecule has 0 saturated carbocycles. The number of carbonyl (C=O) groups excluding carboxylic acids is 2. The summed E-state index contributed by atoms with van der Waals surface area (Å²) in [4.78, 5) is 28.5. The number of nitrogens with two attached hydrogens (primary N) is 1. The molecule has 11 heteroatoms.